The normalized spacial score (nSPS) is 19.2. The molecule has 3 aromatic rings. The van der Waals surface area contributed by atoms with E-state index in [1.807, 2.05) is 13.8 Å². The van der Waals surface area contributed by atoms with Crippen LogP contribution >= 0.6 is 11.6 Å². The van der Waals surface area contributed by atoms with E-state index in [2.05, 4.69) is 20.9 Å². The first-order valence-corrected chi connectivity index (χ1v) is 17.0. The van der Waals surface area contributed by atoms with E-state index in [0.717, 1.165) is 0 Å². The first-order valence-electron chi connectivity index (χ1n) is 16.6. The number of amides is 4. The monoisotopic (exact) mass is 682 g/mol. The number of fused-ring (bicyclic) bond motifs is 2. The fourth-order valence-electron chi connectivity index (χ4n) is 5.90. The van der Waals surface area contributed by atoms with Crippen LogP contribution in [0.15, 0.2) is 35.1 Å². The van der Waals surface area contributed by atoms with Crippen molar-refractivity contribution in [3.05, 3.63) is 57.0 Å². The predicted molar refractivity (Wildman–Crippen MR) is 180 cm³/mol. The highest BCUT2D eigenvalue weighted by Crippen LogP contribution is 2.35. The molecule has 2 aromatic carbocycles. The fraction of sp³-hybridized carbons (Fsp3) is 0.500. The molecule has 0 spiro atoms. The molecule has 2 aliphatic heterocycles. The second-order valence-electron chi connectivity index (χ2n) is 12.2. The van der Waals surface area contributed by atoms with E-state index >= 15 is 0 Å². The molecular formula is C34H43ClN6O7. The molecule has 13 nitrogen and oxygen atoms in total. The average molecular weight is 683 g/mol. The van der Waals surface area contributed by atoms with Crippen LogP contribution in [0.25, 0.3) is 11.0 Å². The van der Waals surface area contributed by atoms with Gasteiger partial charge in [-0.05, 0) is 55.0 Å². The molecule has 3 heterocycles. The molecule has 2 bridgehead atoms. The lowest BCUT2D eigenvalue weighted by atomic mass is 9.98. The molecule has 0 fully saturated rings. The maximum Gasteiger partial charge on any atom is 0.326 e. The number of carbonyl (C=O) groups is 4. The van der Waals surface area contributed by atoms with Crippen molar-refractivity contribution in [2.45, 2.75) is 65.0 Å². The van der Waals surface area contributed by atoms with Crippen molar-refractivity contribution in [3.63, 3.8) is 0 Å². The number of benzene rings is 2. The zero-order valence-corrected chi connectivity index (χ0v) is 28.1. The van der Waals surface area contributed by atoms with Crippen LogP contribution < -0.4 is 31.1 Å². The highest BCUT2D eigenvalue weighted by Gasteiger charge is 2.26. The van der Waals surface area contributed by atoms with Gasteiger partial charge in [-0.15, -0.1) is 0 Å². The zero-order valence-electron chi connectivity index (χ0n) is 27.4. The van der Waals surface area contributed by atoms with Crippen molar-refractivity contribution in [3.8, 4) is 11.5 Å². The molecule has 14 heteroatoms. The molecule has 2 atom stereocenters. The quantitative estimate of drug-likeness (QED) is 0.329. The third-order valence-corrected chi connectivity index (χ3v) is 9.19. The number of hydrogen-bond donors (Lipinski definition) is 4. The first-order chi connectivity index (χ1) is 23.1. The minimum atomic E-state index is -0.720. The second-order valence-corrected chi connectivity index (χ2v) is 12.7. The Morgan fingerprint density at radius 2 is 1.67 bits per heavy atom. The number of aromatic amines is 1. The highest BCUT2D eigenvalue weighted by atomic mass is 35.5. The van der Waals surface area contributed by atoms with Gasteiger partial charge >= 0.3 is 5.69 Å². The summed E-state index contributed by atoms with van der Waals surface area (Å²) in [4.78, 5) is 70.0. The molecule has 4 N–H and O–H groups in total. The summed E-state index contributed by atoms with van der Waals surface area (Å²) in [6.07, 6.45) is 2.13. The van der Waals surface area contributed by atoms with Gasteiger partial charge in [0, 0.05) is 55.8 Å². The minimum Gasteiger partial charge on any atom is -0.486 e. The molecule has 0 aliphatic carbocycles. The number of aromatic nitrogens is 2. The van der Waals surface area contributed by atoms with Crippen LogP contribution in [0.5, 0.6) is 11.5 Å². The van der Waals surface area contributed by atoms with Crippen LogP contribution in [0.4, 0.5) is 0 Å². The van der Waals surface area contributed by atoms with Crippen LogP contribution in [0, 0.1) is 5.92 Å². The highest BCUT2D eigenvalue weighted by molar-refractivity contribution is 6.31. The standard InChI is InChI=1S/C34H43ClN6O7/c1-3-21(2)31-33(45)37-11-6-14-41-26-17-22(8-9-25(26)38-34(41)46)32(44)36-10-5-13-40(12-4-7-29(42)39-31)30(43)19-23-18-27-28(20-24(23)35)48-16-15-47-27/h8-9,17-18,20-21,31H,3-7,10-16,19H2,1-2H3,(H,36,44)(H,37,45)(H,38,46)(H,39,42)/t21-,31-/m0/s1. The molecule has 48 heavy (non-hydrogen) atoms. The maximum atomic E-state index is 13.6. The van der Waals surface area contributed by atoms with Gasteiger partial charge in [0.05, 0.1) is 17.5 Å². The molecule has 0 saturated heterocycles. The van der Waals surface area contributed by atoms with E-state index in [4.69, 9.17) is 21.1 Å². The van der Waals surface area contributed by atoms with E-state index < -0.39 is 6.04 Å². The van der Waals surface area contributed by atoms with Gasteiger partial charge in [0.2, 0.25) is 17.7 Å². The Morgan fingerprint density at radius 1 is 0.958 bits per heavy atom. The number of nitrogens with one attached hydrogen (secondary N) is 4. The molecule has 4 amide bonds. The van der Waals surface area contributed by atoms with Gasteiger partial charge in [-0.2, -0.15) is 0 Å². The van der Waals surface area contributed by atoms with Crippen molar-refractivity contribution >= 4 is 46.3 Å². The van der Waals surface area contributed by atoms with Gasteiger partial charge in [0.25, 0.3) is 5.91 Å². The molecule has 0 radical (unpaired) electrons. The molecule has 1 aromatic heterocycles. The van der Waals surface area contributed by atoms with Crippen molar-refractivity contribution in [1.29, 1.82) is 0 Å². The average Bonchev–Trinajstić information content (AvgIpc) is 3.39. The number of halogens is 1. The Bertz CT molecular complexity index is 1720. The molecule has 2 aliphatic rings. The molecule has 0 unspecified atom stereocenters. The Morgan fingerprint density at radius 3 is 2.44 bits per heavy atom. The van der Waals surface area contributed by atoms with Gasteiger partial charge in [-0.1, -0.05) is 31.9 Å². The van der Waals surface area contributed by atoms with E-state index in [9.17, 15) is 24.0 Å². The van der Waals surface area contributed by atoms with Gasteiger partial charge in [-0.25, -0.2) is 4.79 Å². The van der Waals surface area contributed by atoms with Crippen LogP contribution in [0.1, 0.15) is 61.9 Å². The summed E-state index contributed by atoms with van der Waals surface area (Å²) in [5, 5.41) is 9.10. The fourth-order valence-corrected chi connectivity index (χ4v) is 6.12. The van der Waals surface area contributed by atoms with Gasteiger partial charge in [0.15, 0.2) is 11.5 Å². The Kier molecular flexibility index (Phi) is 11.6. The van der Waals surface area contributed by atoms with Crippen molar-refractivity contribution < 1.29 is 28.7 Å². The summed E-state index contributed by atoms with van der Waals surface area (Å²) in [5.41, 5.74) is 1.88. The number of imidazole rings is 1. The lowest BCUT2D eigenvalue weighted by Gasteiger charge is -2.25. The molecule has 5 rings (SSSR count). The van der Waals surface area contributed by atoms with E-state index in [-0.39, 0.29) is 48.1 Å². The number of carbonyl (C=O) groups excluding carboxylic acids is 4. The summed E-state index contributed by atoms with van der Waals surface area (Å²) in [5.74, 6) is -0.103. The predicted octanol–water partition coefficient (Wildman–Crippen LogP) is 2.78. The summed E-state index contributed by atoms with van der Waals surface area (Å²) in [6.45, 7) is 6.24. The number of aryl methyl sites for hydroxylation is 1. The summed E-state index contributed by atoms with van der Waals surface area (Å²) in [7, 11) is 0. The second kappa shape index (κ2) is 16.1. The lowest BCUT2D eigenvalue weighted by Crippen LogP contribution is -2.50. The molecular weight excluding hydrogens is 640 g/mol. The van der Waals surface area contributed by atoms with Crippen LogP contribution in [0.3, 0.4) is 0 Å². The summed E-state index contributed by atoms with van der Waals surface area (Å²) in [6, 6.07) is 7.67. The van der Waals surface area contributed by atoms with E-state index in [1.165, 1.54) is 0 Å². The number of H-pyrrole nitrogens is 1. The Labute approximate surface area is 283 Å². The minimum absolute atomic E-state index is 0.0165. The van der Waals surface area contributed by atoms with Gasteiger partial charge < -0.3 is 35.3 Å². The number of nitrogens with zero attached hydrogens (tertiary/aromatic N) is 2. The zero-order chi connectivity index (χ0) is 34.2. The Balaban J connectivity index is 1.34. The van der Waals surface area contributed by atoms with Crippen molar-refractivity contribution in [1.82, 2.24) is 30.4 Å². The van der Waals surface area contributed by atoms with E-state index in [1.54, 1.807) is 39.8 Å². The van der Waals surface area contributed by atoms with Gasteiger partial charge in [0.1, 0.15) is 19.3 Å². The lowest BCUT2D eigenvalue weighted by molar-refractivity contribution is -0.131. The van der Waals surface area contributed by atoms with Crippen molar-refractivity contribution in [2.75, 3.05) is 39.4 Å². The summed E-state index contributed by atoms with van der Waals surface area (Å²) >= 11 is 6.50. The maximum absolute atomic E-state index is 13.6. The molecule has 258 valence electrons. The van der Waals surface area contributed by atoms with Crippen molar-refractivity contribution in [2.24, 2.45) is 5.92 Å². The largest absolute Gasteiger partial charge is 0.486 e. The van der Waals surface area contributed by atoms with E-state index in [0.29, 0.717) is 110 Å². The van der Waals surface area contributed by atoms with Crippen LogP contribution in [-0.2, 0) is 27.3 Å². The third kappa shape index (κ3) is 8.49. The Hall–Kier alpha value is -4.52. The topological polar surface area (TPSA) is 164 Å². The van der Waals surface area contributed by atoms with Gasteiger partial charge in [-0.3, -0.25) is 23.7 Å². The van der Waals surface area contributed by atoms with Crippen LogP contribution in [-0.4, -0.2) is 83.5 Å². The first kappa shape index (κ1) is 34.8. The number of hydrogen-bond acceptors (Lipinski definition) is 7. The smallest absolute Gasteiger partial charge is 0.326 e. The number of rotatable bonds is 4. The molecule has 0 saturated carbocycles. The SMILES string of the molecule is CC[C@H](C)[C@@H]1NC(=O)CCCN(C(=O)Cc2cc3c(cc2Cl)OCCO3)CCCNC(=O)c2ccc3[nH]c(=O)n(c3c2)CCCNC1=O. The number of ether oxygens (including phenoxy) is 2. The summed E-state index contributed by atoms with van der Waals surface area (Å²) < 4.78 is 12.8. The van der Waals surface area contributed by atoms with Crippen LogP contribution in [0.2, 0.25) is 5.02 Å². The third-order valence-electron chi connectivity index (χ3n) is 8.83.